The van der Waals surface area contributed by atoms with Crippen molar-refractivity contribution >= 4 is 17.5 Å². The van der Waals surface area contributed by atoms with Gasteiger partial charge < -0.3 is 10.2 Å². The van der Waals surface area contributed by atoms with Crippen LogP contribution in [0.4, 0.5) is 5.69 Å². The number of nitrogens with zero attached hydrogens (tertiary/aromatic N) is 5. The molecule has 1 aromatic rings. The van der Waals surface area contributed by atoms with Gasteiger partial charge in [0.2, 0.25) is 11.8 Å². The summed E-state index contributed by atoms with van der Waals surface area (Å²) in [5, 5.41) is 18.1. The van der Waals surface area contributed by atoms with Gasteiger partial charge in [0.1, 0.15) is 11.4 Å². The molecule has 166 valence electrons. The standard InChI is InChI=1S/C20H32N6O4/c1-15-19(26(29)30)16(2)25(22-15)9-7-18(27)21-8-10-23-11-13-24(14-12-23)20(28)17-5-3-4-6-17/h17H,3-14H2,1-2H3,(H,21,27). The summed E-state index contributed by atoms with van der Waals surface area (Å²) in [6.45, 7) is 8.06. The van der Waals surface area contributed by atoms with E-state index in [2.05, 4.69) is 15.3 Å². The number of hydrogen-bond donors (Lipinski definition) is 1. The van der Waals surface area contributed by atoms with Crippen LogP contribution in [0.1, 0.15) is 43.5 Å². The van der Waals surface area contributed by atoms with Crippen LogP contribution in [0, 0.1) is 29.9 Å². The quantitative estimate of drug-likeness (QED) is 0.500. The van der Waals surface area contributed by atoms with E-state index in [-0.39, 0.29) is 23.9 Å². The van der Waals surface area contributed by atoms with E-state index in [0.29, 0.717) is 30.4 Å². The maximum absolute atomic E-state index is 12.5. The van der Waals surface area contributed by atoms with Crippen LogP contribution in [0.2, 0.25) is 0 Å². The first-order valence-corrected chi connectivity index (χ1v) is 10.8. The fraction of sp³-hybridized carbons (Fsp3) is 0.750. The van der Waals surface area contributed by atoms with Crippen LogP contribution in [0.3, 0.4) is 0 Å². The Balaban J connectivity index is 1.33. The number of amides is 2. The zero-order chi connectivity index (χ0) is 21.7. The van der Waals surface area contributed by atoms with Crippen molar-refractivity contribution in [1.29, 1.82) is 0 Å². The second-order valence-electron chi connectivity index (χ2n) is 8.25. The molecular formula is C20H32N6O4. The third kappa shape index (κ3) is 5.35. The summed E-state index contributed by atoms with van der Waals surface area (Å²) < 4.78 is 1.52. The van der Waals surface area contributed by atoms with E-state index < -0.39 is 4.92 Å². The number of nitro groups is 1. The van der Waals surface area contributed by atoms with Crippen molar-refractivity contribution in [1.82, 2.24) is 24.9 Å². The van der Waals surface area contributed by atoms with Crippen LogP contribution in [0.25, 0.3) is 0 Å². The smallest absolute Gasteiger partial charge is 0.312 e. The highest BCUT2D eigenvalue weighted by molar-refractivity contribution is 5.79. The second kappa shape index (κ2) is 10.0. The molecule has 10 nitrogen and oxygen atoms in total. The SMILES string of the molecule is Cc1nn(CCC(=O)NCCN2CCN(C(=O)C3CCCC3)CC2)c(C)c1[N+](=O)[O-]. The minimum atomic E-state index is -0.435. The zero-order valence-electron chi connectivity index (χ0n) is 17.9. The van der Waals surface area contributed by atoms with Gasteiger partial charge in [-0.2, -0.15) is 5.10 Å². The molecule has 1 saturated heterocycles. The molecule has 1 aromatic heterocycles. The molecule has 0 aromatic carbocycles. The summed E-state index contributed by atoms with van der Waals surface area (Å²) in [4.78, 5) is 39.5. The predicted octanol–water partition coefficient (Wildman–Crippen LogP) is 1.25. The van der Waals surface area contributed by atoms with E-state index >= 15 is 0 Å². The summed E-state index contributed by atoms with van der Waals surface area (Å²) >= 11 is 0. The molecule has 30 heavy (non-hydrogen) atoms. The average Bonchev–Trinajstić information content (AvgIpc) is 3.34. The molecule has 0 radical (unpaired) electrons. The maximum atomic E-state index is 12.5. The van der Waals surface area contributed by atoms with E-state index in [1.165, 1.54) is 17.5 Å². The van der Waals surface area contributed by atoms with Crippen molar-refractivity contribution in [3.8, 4) is 0 Å². The third-order valence-electron chi connectivity index (χ3n) is 6.22. The van der Waals surface area contributed by atoms with E-state index in [1.807, 2.05) is 4.90 Å². The molecule has 0 unspecified atom stereocenters. The van der Waals surface area contributed by atoms with Crippen LogP contribution in [0.5, 0.6) is 0 Å². The van der Waals surface area contributed by atoms with E-state index in [9.17, 15) is 19.7 Å². The lowest BCUT2D eigenvalue weighted by Crippen LogP contribution is -2.51. The first kappa shape index (κ1) is 22.2. The molecule has 2 heterocycles. The number of rotatable bonds is 8. The number of carbonyl (C=O) groups is 2. The highest BCUT2D eigenvalue weighted by Gasteiger charge is 2.29. The lowest BCUT2D eigenvalue weighted by atomic mass is 10.1. The molecule has 2 fully saturated rings. The molecule has 10 heteroatoms. The summed E-state index contributed by atoms with van der Waals surface area (Å²) in [7, 11) is 0. The molecule has 2 amide bonds. The van der Waals surface area contributed by atoms with Crippen LogP contribution in [-0.4, -0.2) is 75.6 Å². The predicted molar refractivity (Wildman–Crippen MR) is 111 cm³/mol. The number of nitrogens with one attached hydrogen (secondary N) is 1. The van der Waals surface area contributed by atoms with Crippen molar-refractivity contribution in [3.63, 3.8) is 0 Å². The van der Waals surface area contributed by atoms with Crippen molar-refractivity contribution in [2.75, 3.05) is 39.3 Å². The van der Waals surface area contributed by atoms with Gasteiger partial charge in [0.15, 0.2) is 0 Å². The number of carbonyl (C=O) groups excluding carboxylic acids is 2. The summed E-state index contributed by atoms with van der Waals surface area (Å²) in [5.74, 6) is 0.463. The Morgan fingerprint density at radius 3 is 2.40 bits per heavy atom. The molecule has 1 N–H and O–H groups in total. The largest absolute Gasteiger partial charge is 0.355 e. The zero-order valence-corrected chi connectivity index (χ0v) is 17.9. The van der Waals surface area contributed by atoms with Gasteiger partial charge in [0.25, 0.3) is 0 Å². The number of aromatic nitrogens is 2. The van der Waals surface area contributed by atoms with Crippen LogP contribution in [-0.2, 0) is 16.1 Å². The Morgan fingerprint density at radius 2 is 1.80 bits per heavy atom. The number of hydrogen-bond acceptors (Lipinski definition) is 6. The molecule has 3 rings (SSSR count). The van der Waals surface area contributed by atoms with Crippen LogP contribution >= 0.6 is 0 Å². The normalized spacial score (nSPS) is 18.0. The first-order valence-electron chi connectivity index (χ1n) is 10.8. The minimum Gasteiger partial charge on any atom is -0.355 e. The maximum Gasteiger partial charge on any atom is 0.312 e. The van der Waals surface area contributed by atoms with Gasteiger partial charge in [0, 0.05) is 51.6 Å². The van der Waals surface area contributed by atoms with Gasteiger partial charge in [0.05, 0.1) is 11.5 Å². The molecular weight excluding hydrogens is 388 g/mol. The van der Waals surface area contributed by atoms with Crippen molar-refractivity contribution in [2.45, 2.75) is 52.5 Å². The van der Waals surface area contributed by atoms with Crippen LogP contribution in [0.15, 0.2) is 0 Å². The molecule has 1 aliphatic heterocycles. The fourth-order valence-corrected chi connectivity index (χ4v) is 4.44. The van der Waals surface area contributed by atoms with Crippen molar-refractivity contribution in [2.24, 2.45) is 5.92 Å². The molecule has 0 bridgehead atoms. The van der Waals surface area contributed by atoms with Gasteiger partial charge in [-0.05, 0) is 26.7 Å². The average molecular weight is 421 g/mol. The summed E-state index contributed by atoms with van der Waals surface area (Å²) in [5.41, 5.74) is 0.847. The van der Waals surface area contributed by atoms with E-state index in [4.69, 9.17) is 0 Å². The Kier molecular flexibility index (Phi) is 7.41. The van der Waals surface area contributed by atoms with Gasteiger partial charge in [-0.3, -0.25) is 29.3 Å². The molecule has 1 saturated carbocycles. The molecule has 0 atom stereocenters. The second-order valence-corrected chi connectivity index (χ2v) is 8.25. The first-order chi connectivity index (χ1) is 14.4. The van der Waals surface area contributed by atoms with E-state index in [1.54, 1.807) is 13.8 Å². The van der Waals surface area contributed by atoms with Gasteiger partial charge in [-0.15, -0.1) is 0 Å². The van der Waals surface area contributed by atoms with Gasteiger partial charge in [-0.1, -0.05) is 12.8 Å². The molecule has 2 aliphatic rings. The van der Waals surface area contributed by atoms with Gasteiger partial charge in [-0.25, -0.2) is 0 Å². The topological polar surface area (TPSA) is 114 Å². The summed E-state index contributed by atoms with van der Waals surface area (Å²) in [6.07, 6.45) is 4.65. The van der Waals surface area contributed by atoms with Gasteiger partial charge >= 0.3 is 5.69 Å². The van der Waals surface area contributed by atoms with E-state index in [0.717, 1.165) is 45.6 Å². The Bertz CT molecular complexity index is 779. The third-order valence-corrected chi connectivity index (χ3v) is 6.22. The number of piperazine rings is 1. The molecule has 0 spiro atoms. The monoisotopic (exact) mass is 420 g/mol. The summed E-state index contributed by atoms with van der Waals surface area (Å²) in [6, 6.07) is 0. The number of aryl methyl sites for hydroxylation is 2. The van der Waals surface area contributed by atoms with Crippen molar-refractivity contribution < 1.29 is 14.5 Å². The lowest BCUT2D eigenvalue weighted by Gasteiger charge is -2.36. The lowest BCUT2D eigenvalue weighted by molar-refractivity contribution is -0.386. The fourth-order valence-electron chi connectivity index (χ4n) is 4.44. The Labute approximate surface area is 176 Å². The minimum absolute atomic E-state index is 0.0148. The Hall–Kier alpha value is -2.49. The highest BCUT2D eigenvalue weighted by Crippen LogP contribution is 2.27. The van der Waals surface area contributed by atoms with Crippen LogP contribution < -0.4 is 5.32 Å². The Morgan fingerprint density at radius 1 is 1.13 bits per heavy atom. The van der Waals surface area contributed by atoms with Crippen molar-refractivity contribution in [3.05, 3.63) is 21.5 Å². The molecule has 1 aliphatic carbocycles. The highest BCUT2D eigenvalue weighted by atomic mass is 16.6.